The van der Waals surface area contributed by atoms with Crippen molar-refractivity contribution in [1.82, 2.24) is 0 Å². The number of hydrogen-bond acceptors (Lipinski definition) is 5. The van der Waals surface area contributed by atoms with E-state index in [1.807, 2.05) is 30.3 Å². The van der Waals surface area contributed by atoms with E-state index >= 15 is 0 Å². The van der Waals surface area contributed by atoms with Crippen molar-refractivity contribution in [3.63, 3.8) is 0 Å². The van der Waals surface area contributed by atoms with Gasteiger partial charge in [-0.1, -0.05) is 66.7 Å². The first-order valence-electron chi connectivity index (χ1n) is 12.4. The highest BCUT2D eigenvalue weighted by atomic mass is 32.2. The van der Waals surface area contributed by atoms with Gasteiger partial charge in [-0.25, -0.2) is 13.4 Å². The minimum atomic E-state index is -4.01. The van der Waals surface area contributed by atoms with Gasteiger partial charge in [0.25, 0.3) is 5.91 Å². The first-order valence-corrected chi connectivity index (χ1v) is 13.9. The first-order chi connectivity index (χ1) is 19.2. The summed E-state index contributed by atoms with van der Waals surface area (Å²) in [6.45, 7) is 0.411. The number of carbonyl (C=O) groups excluding carboxylic acids is 1. The van der Waals surface area contributed by atoms with Crippen molar-refractivity contribution in [3.05, 3.63) is 126 Å². The predicted molar refractivity (Wildman–Crippen MR) is 155 cm³/mol. The average molecular weight is 557 g/mol. The molecule has 9 nitrogen and oxygen atoms in total. The zero-order chi connectivity index (χ0) is 28.5. The Hall–Kier alpha value is -4.96. The number of aliphatic carboxylic acids is 1. The molecule has 40 heavy (non-hydrogen) atoms. The van der Waals surface area contributed by atoms with E-state index in [-0.39, 0.29) is 10.9 Å². The van der Waals surface area contributed by atoms with Crippen LogP contribution in [0.3, 0.4) is 0 Å². The number of nitrogens with one attached hydrogen (secondary N) is 2. The summed E-state index contributed by atoms with van der Waals surface area (Å²) < 4.78 is 26.6. The summed E-state index contributed by atoms with van der Waals surface area (Å²) in [5, 5.41) is 13.8. The normalized spacial score (nSPS) is 12.3. The van der Waals surface area contributed by atoms with Crippen molar-refractivity contribution in [2.45, 2.75) is 23.1 Å². The first kappa shape index (κ1) is 28.1. The second-order valence-electron chi connectivity index (χ2n) is 8.91. The molecule has 5 N–H and O–H groups in total. The van der Waals surface area contributed by atoms with E-state index in [9.17, 15) is 23.1 Å². The van der Waals surface area contributed by atoms with Gasteiger partial charge in [-0.3, -0.25) is 9.59 Å². The number of carboxylic acid groups (broad SMARTS) is 1. The van der Waals surface area contributed by atoms with Crippen LogP contribution in [0.25, 0.3) is 0 Å². The lowest BCUT2D eigenvalue weighted by Crippen LogP contribution is -2.23. The van der Waals surface area contributed by atoms with Gasteiger partial charge in [0, 0.05) is 16.9 Å². The van der Waals surface area contributed by atoms with Gasteiger partial charge in [0.2, 0.25) is 0 Å². The van der Waals surface area contributed by atoms with Crippen LogP contribution in [-0.4, -0.2) is 31.4 Å². The molecular weight excluding hydrogens is 528 g/mol. The van der Waals surface area contributed by atoms with E-state index in [0.29, 0.717) is 29.0 Å². The maximum atomic E-state index is 13.3. The van der Waals surface area contributed by atoms with Gasteiger partial charge in [-0.2, -0.15) is 0 Å². The van der Waals surface area contributed by atoms with Gasteiger partial charge in [0.1, 0.15) is 5.25 Å². The Morgan fingerprint density at radius 2 is 1.45 bits per heavy atom. The van der Waals surface area contributed by atoms with Crippen molar-refractivity contribution < 1.29 is 23.1 Å². The van der Waals surface area contributed by atoms with Crippen LogP contribution < -0.4 is 16.4 Å². The van der Waals surface area contributed by atoms with Gasteiger partial charge >= 0.3 is 5.97 Å². The molecule has 0 heterocycles. The molecule has 4 rings (SSSR count). The predicted octanol–water partition coefficient (Wildman–Crippen LogP) is 4.86. The molecule has 1 amide bonds. The third kappa shape index (κ3) is 7.33. The summed E-state index contributed by atoms with van der Waals surface area (Å²) in [4.78, 5) is 28.6. The fourth-order valence-electron chi connectivity index (χ4n) is 4.01. The number of amides is 1. The Labute approximate surface area is 232 Å². The topological polar surface area (TPSA) is 151 Å². The zero-order valence-electron chi connectivity index (χ0n) is 21.4. The van der Waals surface area contributed by atoms with Gasteiger partial charge in [-0.15, -0.1) is 0 Å². The molecule has 0 aliphatic rings. The van der Waals surface area contributed by atoms with Gasteiger partial charge < -0.3 is 21.5 Å². The highest BCUT2D eigenvalue weighted by molar-refractivity contribution is 7.91. The van der Waals surface area contributed by atoms with Crippen molar-refractivity contribution in [3.8, 4) is 0 Å². The molecule has 10 heteroatoms. The molecule has 0 bridgehead atoms. The molecule has 204 valence electrons. The summed E-state index contributed by atoms with van der Waals surface area (Å²) in [6.07, 6.45) is -0.573. The number of benzene rings is 4. The standard InChI is InChI=1S/C30H28N4O5S/c31-30(32-20-21-8-3-1-4-9-21)34-25-13-7-12-23(18-25)29(37)33-24-14-16-26(17-15-24)40(38,39)27(19-28(35)36)22-10-5-2-6-11-22/h1-18,27H,19-20H2,(H,33,37)(H,35,36)(H3,31,32,34). The molecule has 4 aromatic carbocycles. The van der Waals surface area contributed by atoms with Crippen molar-refractivity contribution in [2.24, 2.45) is 10.7 Å². The van der Waals surface area contributed by atoms with Gasteiger partial charge in [-0.05, 0) is 53.6 Å². The summed E-state index contributed by atoms with van der Waals surface area (Å²) in [6, 6.07) is 30.2. The van der Waals surface area contributed by atoms with Crippen LogP contribution in [0.2, 0.25) is 0 Å². The summed E-state index contributed by atoms with van der Waals surface area (Å²) in [5.41, 5.74) is 8.70. The average Bonchev–Trinajstić information content (AvgIpc) is 2.96. The fraction of sp³-hybridized carbons (Fsp3) is 0.100. The minimum Gasteiger partial charge on any atom is -0.481 e. The number of carbonyl (C=O) groups is 2. The van der Waals surface area contributed by atoms with Crippen LogP contribution >= 0.6 is 0 Å². The highest BCUT2D eigenvalue weighted by Gasteiger charge is 2.31. The Morgan fingerprint density at radius 1 is 0.800 bits per heavy atom. The van der Waals surface area contributed by atoms with E-state index in [0.717, 1.165) is 5.56 Å². The van der Waals surface area contributed by atoms with E-state index in [1.54, 1.807) is 54.6 Å². The molecule has 0 saturated carbocycles. The van der Waals surface area contributed by atoms with Crippen molar-refractivity contribution in [2.75, 3.05) is 10.6 Å². The summed E-state index contributed by atoms with van der Waals surface area (Å²) >= 11 is 0. The quantitative estimate of drug-likeness (QED) is 0.161. The Bertz CT molecular complexity index is 1610. The zero-order valence-corrected chi connectivity index (χ0v) is 22.2. The summed E-state index contributed by atoms with van der Waals surface area (Å²) in [5.74, 6) is -1.43. The molecule has 0 spiro atoms. The molecular formula is C30H28N4O5S. The second kappa shape index (κ2) is 12.7. The van der Waals surface area contributed by atoms with E-state index < -0.39 is 33.4 Å². The molecule has 0 fully saturated rings. The molecule has 0 aliphatic carbocycles. The number of hydrogen-bond donors (Lipinski definition) is 4. The number of carboxylic acids is 1. The van der Waals surface area contributed by atoms with Crippen molar-refractivity contribution >= 4 is 39.0 Å². The van der Waals surface area contributed by atoms with E-state index in [4.69, 9.17) is 5.73 Å². The number of nitrogens with zero attached hydrogens (tertiary/aromatic N) is 1. The molecule has 0 aliphatic heterocycles. The van der Waals surface area contributed by atoms with Crippen LogP contribution in [0.4, 0.5) is 11.4 Å². The van der Waals surface area contributed by atoms with Gasteiger partial charge in [0.15, 0.2) is 15.8 Å². The molecule has 0 aromatic heterocycles. The number of anilines is 2. The molecule has 1 atom stereocenters. The summed E-state index contributed by atoms with van der Waals surface area (Å²) in [7, 11) is -4.01. The molecule has 4 aromatic rings. The van der Waals surface area contributed by atoms with Gasteiger partial charge in [0.05, 0.1) is 17.9 Å². The maximum Gasteiger partial charge on any atom is 0.305 e. The Morgan fingerprint density at radius 3 is 2.10 bits per heavy atom. The smallest absolute Gasteiger partial charge is 0.305 e. The number of aliphatic imine (C=N–C) groups is 1. The highest BCUT2D eigenvalue weighted by Crippen LogP contribution is 2.32. The number of rotatable bonds is 10. The number of guanidine groups is 1. The maximum absolute atomic E-state index is 13.3. The van der Waals surface area contributed by atoms with Crippen LogP contribution in [0.5, 0.6) is 0 Å². The van der Waals surface area contributed by atoms with Crippen LogP contribution in [-0.2, 0) is 21.2 Å². The van der Waals surface area contributed by atoms with Crippen LogP contribution in [0.15, 0.2) is 119 Å². The molecule has 0 saturated heterocycles. The largest absolute Gasteiger partial charge is 0.481 e. The Balaban J connectivity index is 1.44. The minimum absolute atomic E-state index is 0.0444. The lowest BCUT2D eigenvalue weighted by molar-refractivity contribution is -0.137. The third-order valence-electron chi connectivity index (χ3n) is 6.02. The number of sulfone groups is 1. The third-order valence-corrected chi connectivity index (χ3v) is 8.14. The lowest BCUT2D eigenvalue weighted by Gasteiger charge is -2.17. The molecule has 1 unspecified atom stereocenters. The van der Waals surface area contributed by atoms with Crippen LogP contribution in [0.1, 0.15) is 33.2 Å². The SMILES string of the molecule is NC(=NCc1ccccc1)Nc1cccc(C(=O)Nc2ccc(S(=O)(=O)C(CC(=O)O)c3ccccc3)cc2)c1. The van der Waals surface area contributed by atoms with Crippen LogP contribution in [0, 0.1) is 0 Å². The lowest BCUT2D eigenvalue weighted by atomic mass is 10.1. The Kier molecular flexibility index (Phi) is 8.93. The molecule has 0 radical (unpaired) electrons. The second-order valence-corrected chi connectivity index (χ2v) is 11.0. The number of nitrogens with two attached hydrogens (primary N) is 1. The van der Waals surface area contributed by atoms with E-state index in [1.165, 1.54) is 24.3 Å². The van der Waals surface area contributed by atoms with E-state index in [2.05, 4.69) is 15.6 Å². The monoisotopic (exact) mass is 556 g/mol. The fourth-order valence-corrected chi connectivity index (χ4v) is 5.74. The van der Waals surface area contributed by atoms with Crippen molar-refractivity contribution in [1.29, 1.82) is 0 Å².